The molecule has 2 aromatic rings. The van der Waals surface area contributed by atoms with Gasteiger partial charge in [0.2, 0.25) is 0 Å². The van der Waals surface area contributed by atoms with Gasteiger partial charge in [0.25, 0.3) is 0 Å². The molecule has 0 saturated heterocycles. The van der Waals surface area contributed by atoms with E-state index in [1.165, 1.54) is 22.3 Å². The highest BCUT2D eigenvalue weighted by Gasteiger charge is 2.16. The Balaban J connectivity index is 0.000000380. The van der Waals surface area contributed by atoms with E-state index in [0.717, 1.165) is 50.4 Å². The minimum absolute atomic E-state index is 0.396. The Bertz CT molecular complexity index is 908. The molecule has 216 valence electrons. The van der Waals surface area contributed by atoms with E-state index in [9.17, 15) is 10.2 Å². The third-order valence-corrected chi connectivity index (χ3v) is 5.88. The second-order valence-corrected chi connectivity index (χ2v) is 11.8. The summed E-state index contributed by atoms with van der Waals surface area (Å²) in [6, 6.07) is 7.70. The van der Waals surface area contributed by atoms with Crippen LogP contribution in [-0.2, 0) is 39.3 Å². The van der Waals surface area contributed by atoms with Crippen molar-refractivity contribution in [2.45, 2.75) is 39.3 Å². The van der Waals surface area contributed by atoms with Crippen molar-refractivity contribution >= 4 is 0 Å². The topological polar surface area (TPSA) is 59.9 Å². The van der Waals surface area contributed by atoms with E-state index in [4.69, 9.17) is 0 Å². The minimum atomic E-state index is 0.396. The normalized spacial score (nSPS) is 11.8. The molecule has 8 heteroatoms. The summed E-state index contributed by atoms with van der Waals surface area (Å²) in [4.78, 5) is 12.8. The number of hydrogen-bond acceptors (Lipinski definition) is 8. The van der Waals surface area contributed by atoms with Gasteiger partial charge in [0.05, 0.1) is 0 Å². The highest BCUT2D eigenvalue weighted by atomic mass is 16.3. The molecule has 0 unspecified atom stereocenters. The van der Waals surface area contributed by atoms with Gasteiger partial charge in [-0.15, -0.1) is 0 Å². The van der Waals surface area contributed by atoms with Gasteiger partial charge in [-0.2, -0.15) is 0 Å². The molecule has 0 aromatic heterocycles. The van der Waals surface area contributed by atoms with Crippen molar-refractivity contribution in [1.29, 1.82) is 0 Å². The quantitative estimate of drug-likeness (QED) is 0.434. The first-order valence-corrected chi connectivity index (χ1v) is 13.2. The van der Waals surface area contributed by atoms with Crippen molar-refractivity contribution in [3.63, 3.8) is 0 Å². The Morgan fingerprint density at radius 2 is 0.605 bits per heavy atom. The lowest BCUT2D eigenvalue weighted by Crippen LogP contribution is -2.20. The lowest BCUT2D eigenvalue weighted by atomic mass is 9.98. The molecule has 0 spiro atoms. The standard InChI is InChI=1S/2C15H27N3O/c2*1-16(2)9-12-7-8-15(19)14(11-18(5)6)13(12)10-17(3)4/h2*7-8,19H,9-11H2,1-6H3. The van der Waals surface area contributed by atoms with Gasteiger partial charge in [-0.1, -0.05) is 12.1 Å². The van der Waals surface area contributed by atoms with Gasteiger partial charge in [-0.3, -0.25) is 0 Å². The number of rotatable bonds is 12. The van der Waals surface area contributed by atoms with Gasteiger partial charge in [-0.25, -0.2) is 0 Å². The summed E-state index contributed by atoms with van der Waals surface area (Å²) >= 11 is 0. The molecule has 0 fully saturated rings. The molecule has 0 heterocycles. The second kappa shape index (κ2) is 16.0. The van der Waals surface area contributed by atoms with Gasteiger partial charge >= 0.3 is 0 Å². The van der Waals surface area contributed by atoms with Crippen LogP contribution in [0.5, 0.6) is 11.5 Å². The summed E-state index contributed by atoms with van der Waals surface area (Å²) in [5.74, 6) is 0.793. The molecule has 2 aromatic carbocycles. The average molecular weight is 531 g/mol. The number of aromatic hydroxyl groups is 2. The van der Waals surface area contributed by atoms with E-state index >= 15 is 0 Å². The largest absolute Gasteiger partial charge is 0.508 e. The Kier molecular flexibility index (Phi) is 14.3. The van der Waals surface area contributed by atoms with Crippen molar-refractivity contribution < 1.29 is 10.2 Å². The van der Waals surface area contributed by atoms with Crippen LogP contribution in [0, 0.1) is 0 Å². The summed E-state index contributed by atoms with van der Waals surface area (Å²) in [5, 5.41) is 20.3. The first kappa shape index (κ1) is 33.8. The fraction of sp³-hybridized carbons (Fsp3) is 0.600. The van der Waals surface area contributed by atoms with Crippen LogP contribution in [-0.4, -0.2) is 124 Å². The summed E-state index contributed by atoms with van der Waals surface area (Å²) < 4.78 is 0. The molecule has 0 aliphatic heterocycles. The van der Waals surface area contributed by atoms with Crippen LogP contribution >= 0.6 is 0 Å². The van der Waals surface area contributed by atoms with Crippen molar-refractivity contribution in [1.82, 2.24) is 29.4 Å². The van der Waals surface area contributed by atoms with Crippen LogP contribution in [0.2, 0.25) is 0 Å². The molecular formula is C30H54N6O2. The maximum absolute atomic E-state index is 10.2. The molecule has 8 nitrogen and oxygen atoms in total. The Hall–Kier alpha value is -2.20. The van der Waals surface area contributed by atoms with E-state index in [1.807, 2.05) is 52.5 Å². The number of phenols is 2. The minimum Gasteiger partial charge on any atom is -0.508 e. The van der Waals surface area contributed by atoms with E-state index in [0.29, 0.717) is 11.5 Å². The molecule has 0 saturated carbocycles. The Morgan fingerprint density at radius 3 is 0.842 bits per heavy atom. The fourth-order valence-corrected chi connectivity index (χ4v) is 4.45. The van der Waals surface area contributed by atoms with Gasteiger partial charge in [0.15, 0.2) is 0 Å². The first-order valence-electron chi connectivity index (χ1n) is 13.2. The number of nitrogens with zero attached hydrogens (tertiary/aromatic N) is 6. The zero-order chi connectivity index (χ0) is 29.2. The predicted molar refractivity (Wildman–Crippen MR) is 161 cm³/mol. The number of hydrogen-bond donors (Lipinski definition) is 2. The van der Waals surface area contributed by atoms with E-state index in [-0.39, 0.29) is 0 Å². The smallest absolute Gasteiger partial charge is 0.120 e. The predicted octanol–water partition coefficient (Wildman–Crippen LogP) is 3.15. The molecule has 0 radical (unpaired) electrons. The van der Waals surface area contributed by atoms with Crippen molar-refractivity contribution in [2.24, 2.45) is 0 Å². The van der Waals surface area contributed by atoms with Crippen LogP contribution < -0.4 is 0 Å². The fourth-order valence-electron chi connectivity index (χ4n) is 4.45. The SMILES string of the molecule is CN(C)Cc1ccc(O)c(CN(C)C)c1CN(C)C.CN(C)Cc1ccc(O)c(CN(C)C)c1CN(C)C. The van der Waals surface area contributed by atoms with E-state index in [2.05, 4.69) is 85.8 Å². The van der Waals surface area contributed by atoms with E-state index in [1.54, 1.807) is 0 Å². The molecule has 2 N–H and O–H groups in total. The number of benzene rings is 2. The lowest BCUT2D eigenvalue weighted by Gasteiger charge is -2.23. The van der Waals surface area contributed by atoms with Crippen LogP contribution in [0.3, 0.4) is 0 Å². The van der Waals surface area contributed by atoms with E-state index < -0.39 is 0 Å². The maximum Gasteiger partial charge on any atom is 0.120 e. The molecule has 0 bridgehead atoms. The molecule has 2 rings (SSSR count). The van der Waals surface area contributed by atoms with Gasteiger partial charge in [-0.05, 0) is 119 Å². The Labute approximate surface area is 232 Å². The van der Waals surface area contributed by atoms with Crippen molar-refractivity contribution in [3.8, 4) is 11.5 Å². The zero-order valence-corrected chi connectivity index (χ0v) is 26.1. The lowest BCUT2D eigenvalue weighted by molar-refractivity contribution is 0.359. The molecule has 0 atom stereocenters. The Morgan fingerprint density at radius 1 is 0.368 bits per heavy atom. The highest BCUT2D eigenvalue weighted by Crippen LogP contribution is 2.28. The van der Waals surface area contributed by atoms with Crippen LogP contribution in [0.1, 0.15) is 33.4 Å². The third-order valence-electron chi connectivity index (χ3n) is 5.88. The van der Waals surface area contributed by atoms with Crippen molar-refractivity contribution in [2.75, 3.05) is 84.6 Å². The van der Waals surface area contributed by atoms with Gasteiger partial charge in [0.1, 0.15) is 11.5 Å². The molecule has 0 aliphatic carbocycles. The number of phenolic OH excluding ortho intramolecular Hbond substituents is 2. The summed E-state index contributed by atoms with van der Waals surface area (Å²) in [6.45, 7) is 5.00. The summed E-state index contributed by atoms with van der Waals surface area (Å²) in [7, 11) is 24.6. The zero-order valence-electron chi connectivity index (χ0n) is 26.1. The van der Waals surface area contributed by atoms with Crippen LogP contribution in [0.15, 0.2) is 24.3 Å². The third kappa shape index (κ3) is 11.7. The van der Waals surface area contributed by atoms with Crippen LogP contribution in [0.4, 0.5) is 0 Å². The molecular weight excluding hydrogens is 476 g/mol. The molecule has 0 amide bonds. The summed E-state index contributed by atoms with van der Waals surface area (Å²) in [5.41, 5.74) is 7.14. The molecule has 38 heavy (non-hydrogen) atoms. The van der Waals surface area contributed by atoms with Crippen LogP contribution in [0.25, 0.3) is 0 Å². The summed E-state index contributed by atoms with van der Waals surface area (Å²) in [6.07, 6.45) is 0. The molecule has 0 aliphatic rings. The highest BCUT2D eigenvalue weighted by molar-refractivity contribution is 5.45. The monoisotopic (exact) mass is 530 g/mol. The van der Waals surface area contributed by atoms with Gasteiger partial charge in [0, 0.05) is 50.4 Å². The van der Waals surface area contributed by atoms with Gasteiger partial charge < -0.3 is 39.6 Å². The average Bonchev–Trinajstić information content (AvgIpc) is 2.76. The first-order chi connectivity index (χ1) is 17.6. The second-order valence-electron chi connectivity index (χ2n) is 11.8. The maximum atomic E-state index is 10.2. The van der Waals surface area contributed by atoms with Crippen molar-refractivity contribution in [3.05, 3.63) is 57.6 Å².